The lowest BCUT2D eigenvalue weighted by Gasteiger charge is -2.19. The monoisotopic (exact) mass is 477 g/mol. The van der Waals surface area contributed by atoms with Gasteiger partial charge in [-0.2, -0.15) is 4.72 Å². The lowest BCUT2D eigenvalue weighted by atomic mass is 9.97. The van der Waals surface area contributed by atoms with Crippen LogP contribution in [-0.4, -0.2) is 32.8 Å². The van der Waals surface area contributed by atoms with E-state index in [1.807, 2.05) is 37.3 Å². The van der Waals surface area contributed by atoms with Crippen LogP contribution in [0.25, 0.3) is 6.08 Å². The van der Waals surface area contributed by atoms with E-state index in [9.17, 15) is 18.0 Å². The normalized spacial score (nSPS) is 12.7. The van der Waals surface area contributed by atoms with E-state index in [1.54, 1.807) is 55.5 Å². The first-order chi connectivity index (χ1) is 16.3. The number of Topliss-reactive ketones (excluding diaryl/α,β-unsaturated/α-hetero) is 1. The van der Waals surface area contributed by atoms with Gasteiger partial charge in [-0.15, -0.1) is 0 Å². The maximum absolute atomic E-state index is 13.4. The van der Waals surface area contributed by atoms with Crippen LogP contribution in [0.4, 0.5) is 0 Å². The zero-order valence-electron chi connectivity index (χ0n) is 19.1. The highest BCUT2D eigenvalue weighted by Crippen LogP contribution is 2.19. The lowest BCUT2D eigenvalue weighted by Crippen LogP contribution is -2.41. The van der Waals surface area contributed by atoms with Gasteiger partial charge in [0.05, 0.1) is 17.5 Å². The summed E-state index contributed by atoms with van der Waals surface area (Å²) in [5.41, 5.74) is 2.17. The summed E-state index contributed by atoms with van der Waals surface area (Å²) in [5, 5.41) is 0. The SMILES string of the molecule is CCOC(=O)/C(=C/c1ccccc1)C[C@@H](NS(=O)(=O)c1ccc(C)cc1)C(=O)c1ccccc1. The van der Waals surface area contributed by atoms with Crippen LogP contribution in [0.1, 0.15) is 34.8 Å². The van der Waals surface area contributed by atoms with Crippen molar-refractivity contribution in [2.75, 3.05) is 6.61 Å². The zero-order valence-corrected chi connectivity index (χ0v) is 19.9. The Morgan fingerprint density at radius 2 is 1.50 bits per heavy atom. The number of aryl methyl sites for hydroxylation is 1. The van der Waals surface area contributed by atoms with Crippen molar-refractivity contribution >= 4 is 27.9 Å². The van der Waals surface area contributed by atoms with Gasteiger partial charge in [-0.25, -0.2) is 13.2 Å². The molecule has 0 saturated carbocycles. The highest BCUT2D eigenvalue weighted by molar-refractivity contribution is 7.89. The van der Waals surface area contributed by atoms with E-state index in [1.165, 1.54) is 12.1 Å². The Kier molecular flexibility index (Phi) is 8.51. The first kappa shape index (κ1) is 25.1. The average Bonchev–Trinajstić information content (AvgIpc) is 2.84. The van der Waals surface area contributed by atoms with Crippen LogP contribution >= 0.6 is 0 Å². The fourth-order valence-corrected chi connectivity index (χ4v) is 4.55. The Bertz CT molecular complexity index is 1250. The number of hydrogen-bond acceptors (Lipinski definition) is 5. The number of nitrogens with one attached hydrogen (secondary N) is 1. The maximum atomic E-state index is 13.4. The van der Waals surface area contributed by atoms with E-state index in [0.29, 0.717) is 5.56 Å². The summed E-state index contributed by atoms with van der Waals surface area (Å²) in [6.45, 7) is 3.69. The maximum Gasteiger partial charge on any atom is 0.334 e. The molecule has 3 rings (SSSR count). The molecule has 0 aliphatic carbocycles. The number of carbonyl (C=O) groups is 2. The van der Waals surface area contributed by atoms with Crippen molar-refractivity contribution in [3.05, 3.63) is 107 Å². The number of sulfonamides is 1. The second kappa shape index (κ2) is 11.5. The van der Waals surface area contributed by atoms with Gasteiger partial charge >= 0.3 is 5.97 Å². The molecule has 6 nitrogen and oxygen atoms in total. The summed E-state index contributed by atoms with van der Waals surface area (Å²) in [7, 11) is -4.04. The van der Waals surface area contributed by atoms with E-state index in [0.717, 1.165) is 11.1 Å². The molecule has 7 heteroatoms. The minimum atomic E-state index is -4.04. The Labute approximate surface area is 200 Å². The first-order valence-electron chi connectivity index (χ1n) is 10.9. The summed E-state index contributed by atoms with van der Waals surface area (Å²) in [6.07, 6.45) is 1.44. The number of esters is 1. The molecule has 0 aliphatic rings. The molecule has 1 atom stereocenters. The predicted molar refractivity (Wildman–Crippen MR) is 132 cm³/mol. The third kappa shape index (κ3) is 6.73. The summed E-state index contributed by atoms with van der Waals surface area (Å²) >= 11 is 0. The van der Waals surface area contributed by atoms with Crippen molar-refractivity contribution in [1.82, 2.24) is 4.72 Å². The minimum Gasteiger partial charge on any atom is -0.463 e. The van der Waals surface area contributed by atoms with Gasteiger partial charge in [0.25, 0.3) is 0 Å². The van der Waals surface area contributed by atoms with E-state index in [2.05, 4.69) is 4.72 Å². The molecule has 0 bridgehead atoms. The van der Waals surface area contributed by atoms with Crippen LogP contribution < -0.4 is 4.72 Å². The molecule has 1 N–H and O–H groups in total. The van der Waals surface area contributed by atoms with Gasteiger partial charge in [-0.1, -0.05) is 78.4 Å². The van der Waals surface area contributed by atoms with Crippen LogP contribution in [0.2, 0.25) is 0 Å². The van der Waals surface area contributed by atoms with Gasteiger partial charge in [0, 0.05) is 17.6 Å². The van der Waals surface area contributed by atoms with Crippen LogP contribution in [0, 0.1) is 6.92 Å². The molecule has 0 aliphatic heterocycles. The molecule has 0 saturated heterocycles. The Balaban J connectivity index is 2.00. The molecule has 0 fully saturated rings. The molecule has 176 valence electrons. The number of ether oxygens (including phenoxy) is 1. The molecular weight excluding hydrogens is 450 g/mol. The second-order valence-corrected chi connectivity index (χ2v) is 9.44. The molecule has 34 heavy (non-hydrogen) atoms. The molecule has 0 radical (unpaired) electrons. The van der Waals surface area contributed by atoms with E-state index < -0.39 is 27.8 Å². The first-order valence-corrected chi connectivity index (χ1v) is 12.4. The smallest absolute Gasteiger partial charge is 0.334 e. The van der Waals surface area contributed by atoms with Gasteiger partial charge in [-0.05, 0) is 37.6 Å². The Morgan fingerprint density at radius 1 is 0.912 bits per heavy atom. The highest BCUT2D eigenvalue weighted by Gasteiger charge is 2.29. The number of ketones is 1. The van der Waals surface area contributed by atoms with Crippen LogP contribution in [0.15, 0.2) is 95.4 Å². The summed E-state index contributed by atoms with van der Waals surface area (Å²) in [4.78, 5) is 26.1. The van der Waals surface area contributed by atoms with Gasteiger partial charge < -0.3 is 4.74 Å². The molecule has 3 aromatic rings. The van der Waals surface area contributed by atoms with Gasteiger partial charge in [0.1, 0.15) is 0 Å². The fraction of sp³-hybridized carbons (Fsp3) is 0.185. The number of carbonyl (C=O) groups excluding carboxylic acids is 2. The molecule has 0 heterocycles. The summed E-state index contributed by atoms with van der Waals surface area (Å²) < 4.78 is 34.0. The third-order valence-corrected chi connectivity index (χ3v) is 6.59. The largest absolute Gasteiger partial charge is 0.463 e. The summed E-state index contributed by atoms with van der Waals surface area (Å²) in [5.74, 6) is -1.05. The van der Waals surface area contributed by atoms with Gasteiger partial charge in [0.2, 0.25) is 10.0 Å². The van der Waals surface area contributed by atoms with Crippen LogP contribution in [0.5, 0.6) is 0 Å². The standard InChI is InChI=1S/C27H27NO5S/c1-3-33-27(30)23(18-21-10-6-4-7-11-21)19-25(26(29)22-12-8-5-9-13-22)28-34(31,32)24-16-14-20(2)15-17-24/h4-18,25,28H,3,19H2,1-2H3/b23-18+/t25-/m1/s1. The number of rotatable bonds is 10. The molecule has 0 aromatic heterocycles. The average molecular weight is 478 g/mol. The summed E-state index contributed by atoms with van der Waals surface area (Å²) in [6, 6.07) is 22.6. The molecule has 0 unspecified atom stereocenters. The van der Waals surface area contributed by atoms with Crippen molar-refractivity contribution in [1.29, 1.82) is 0 Å². The second-order valence-electron chi connectivity index (χ2n) is 7.72. The van der Waals surface area contributed by atoms with E-state index in [4.69, 9.17) is 4.74 Å². The minimum absolute atomic E-state index is 0.0358. The van der Waals surface area contributed by atoms with Crippen molar-refractivity contribution in [3.63, 3.8) is 0 Å². The van der Waals surface area contributed by atoms with E-state index in [-0.39, 0.29) is 23.5 Å². The molecular formula is C27H27NO5S. The Hall–Kier alpha value is -3.55. The fourth-order valence-electron chi connectivity index (χ4n) is 3.36. The van der Waals surface area contributed by atoms with Crippen molar-refractivity contribution in [2.24, 2.45) is 0 Å². The third-order valence-electron chi connectivity index (χ3n) is 5.11. The predicted octanol–water partition coefficient (Wildman–Crippen LogP) is 4.56. The van der Waals surface area contributed by atoms with Gasteiger partial charge in [0.15, 0.2) is 5.78 Å². The highest BCUT2D eigenvalue weighted by atomic mass is 32.2. The number of benzene rings is 3. The topological polar surface area (TPSA) is 89.5 Å². The van der Waals surface area contributed by atoms with E-state index >= 15 is 0 Å². The van der Waals surface area contributed by atoms with Crippen LogP contribution in [-0.2, 0) is 19.6 Å². The number of hydrogen-bond donors (Lipinski definition) is 1. The zero-order chi connectivity index (χ0) is 24.6. The van der Waals surface area contributed by atoms with Crippen molar-refractivity contribution in [3.8, 4) is 0 Å². The van der Waals surface area contributed by atoms with Crippen molar-refractivity contribution < 1.29 is 22.7 Å². The quantitative estimate of drug-likeness (QED) is 0.263. The van der Waals surface area contributed by atoms with Crippen LogP contribution in [0.3, 0.4) is 0 Å². The van der Waals surface area contributed by atoms with Gasteiger partial charge in [-0.3, -0.25) is 4.79 Å². The molecule has 0 amide bonds. The Morgan fingerprint density at radius 3 is 2.09 bits per heavy atom. The lowest BCUT2D eigenvalue weighted by molar-refractivity contribution is -0.138. The molecule has 3 aromatic carbocycles. The van der Waals surface area contributed by atoms with Crippen molar-refractivity contribution in [2.45, 2.75) is 31.2 Å². The molecule has 0 spiro atoms.